The second kappa shape index (κ2) is 14.4. The standard InChI is InChI=1S/C39H46N6O2/c1-29-36(30(2)42(4)40-29)18-19-38(46)45(27-32-14-16-35(17-15-32)43-24-22-41(3)23-25-43)37(26-31-10-6-5-7-11-31)39(47)44-21-20-33-12-8-9-13-34(33)28-44/h5-19,37H,20-28H2,1-4H3. The summed E-state index contributed by atoms with van der Waals surface area (Å²) in [5.41, 5.74) is 8.44. The molecule has 47 heavy (non-hydrogen) atoms. The number of carbonyl (C=O) groups excluding carboxylic acids is 2. The van der Waals surface area contributed by atoms with Gasteiger partial charge in [0.25, 0.3) is 0 Å². The van der Waals surface area contributed by atoms with Crippen LogP contribution in [0.2, 0.25) is 0 Å². The topological polar surface area (TPSA) is 64.9 Å². The highest BCUT2D eigenvalue weighted by Gasteiger charge is 2.34. The third-order valence-electron chi connectivity index (χ3n) is 9.77. The molecule has 0 saturated carbocycles. The van der Waals surface area contributed by atoms with Crippen molar-refractivity contribution >= 4 is 23.6 Å². The molecule has 2 aliphatic rings. The van der Waals surface area contributed by atoms with Gasteiger partial charge in [0, 0.05) is 82.3 Å². The fourth-order valence-electron chi connectivity index (χ4n) is 6.76. The van der Waals surface area contributed by atoms with Crippen LogP contribution in [0, 0.1) is 13.8 Å². The molecule has 0 N–H and O–H groups in total. The van der Waals surface area contributed by atoms with Crippen LogP contribution in [0.3, 0.4) is 0 Å². The van der Waals surface area contributed by atoms with Crippen molar-refractivity contribution in [3.8, 4) is 0 Å². The molecular weight excluding hydrogens is 584 g/mol. The van der Waals surface area contributed by atoms with E-state index < -0.39 is 6.04 Å². The predicted molar refractivity (Wildman–Crippen MR) is 188 cm³/mol. The lowest BCUT2D eigenvalue weighted by Crippen LogP contribution is -2.52. The van der Waals surface area contributed by atoms with Crippen molar-refractivity contribution in [3.63, 3.8) is 0 Å². The number of benzene rings is 3. The molecule has 244 valence electrons. The maximum atomic E-state index is 14.6. The largest absolute Gasteiger partial charge is 0.369 e. The lowest BCUT2D eigenvalue weighted by molar-refractivity contribution is -0.144. The van der Waals surface area contributed by atoms with Crippen molar-refractivity contribution in [2.24, 2.45) is 7.05 Å². The van der Waals surface area contributed by atoms with E-state index in [-0.39, 0.29) is 11.8 Å². The van der Waals surface area contributed by atoms with Crippen LogP contribution in [-0.2, 0) is 42.6 Å². The number of anilines is 1. The molecule has 1 aromatic heterocycles. The molecule has 8 nitrogen and oxygen atoms in total. The Morgan fingerprint density at radius 3 is 2.19 bits per heavy atom. The molecule has 1 unspecified atom stereocenters. The van der Waals surface area contributed by atoms with E-state index in [0.717, 1.165) is 60.7 Å². The van der Waals surface area contributed by atoms with Crippen molar-refractivity contribution in [1.29, 1.82) is 0 Å². The van der Waals surface area contributed by atoms with E-state index in [2.05, 4.69) is 64.4 Å². The van der Waals surface area contributed by atoms with Crippen LogP contribution in [0.15, 0.2) is 84.9 Å². The first kappa shape index (κ1) is 32.3. The molecular formula is C39H46N6O2. The van der Waals surface area contributed by atoms with Gasteiger partial charge in [0.15, 0.2) is 0 Å². The van der Waals surface area contributed by atoms with Crippen molar-refractivity contribution in [1.82, 2.24) is 24.5 Å². The van der Waals surface area contributed by atoms with Crippen LogP contribution in [0.1, 0.15) is 39.2 Å². The van der Waals surface area contributed by atoms with E-state index in [4.69, 9.17) is 0 Å². The number of nitrogens with zero attached hydrogens (tertiary/aromatic N) is 6. The molecule has 3 heterocycles. The fourth-order valence-corrected chi connectivity index (χ4v) is 6.76. The molecule has 3 aromatic carbocycles. The molecule has 0 bridgehead atoms. The zero-order valence-corrected chi connectivity index (χ0v) is 28.1. The van der Waals surface area contributed by atoms with Gasteiger partial charge in [-0.1, -0.05) is 66.7 Å². The summed E-state index contributed by atoms with van der Waals surface area (Å²) in [5, 5.41) is 4.52. The molecule has 2 aliphatic heterocycles. The van der Waals surface area contributed by atoms with Crippen molar-refractivity contribution in [3.05, 3.63) is 124 Å². The molecule has 4 aromatic rings. The number of aromatic nitrogens is 2. The summed E-state index contributed by atoms with van der Waals surface area (Å²) in [4.78, 5) is 37.4. The highest BCUT2D eigenvalue weighted by atomic mass is 16.2. The smallest absolute Gasteiger partial charge is 0.247 e. The quantitative estimate of drug-likeness (QED) is 0.243. The van der Waals surface area contributed by atoms with Gasteiger partial charge >= 0.3 is 0 Å². The van der Waals surface area contributed by atoms with Gasteiger partial charge in [-0.05, 0) is 67.8 Å². The van der Waals surface area contributed by atoms with Gasteiger partial charge in [-0.2, -0.15) is 5.10 Å². The lowest BCUT2D eigenvalue weighted by atomic mass is 9.97. The van der Waals surface area contributed by atoms with Crippen LogP contribution in [0.25, 0.3) is 6.08 Å². The maximum Gasteiger partial charge on any atom is 0.247 e. The molecule has 6 rings (SSSR count). The average Bonchev–Trinajstić information content (AvgIpc) is 3.34. The highest BCUT2D eigenvalue weighted by Crippen LogP contribution is 2.25. The lowest BCUT2D eigenvalue weighted by Gasteiger charge is -2.37. The summed E-state index contributed by atoms with van der Waals surface area (Å²) >= 11 is 0. The summed E-state index contributed by atoms with van der Waals surface area (Å²) in [5.74, 6) is -0.213. The molecule has 2 amide bonds. The highest BCUT2D eigenvalue weighted by molar-refractivity contribution is 5.96. The predicted octanol–water partition coefficient (Wildman–Crippen LogP) is 5.03. The fraction of sp³-hybridized carbons (Fsp3) is 0.359. The average molecular weight is 631 g/mol. The zero-order chi connectivity index (χ0) is 32.9. The van der Waals surface area contributed by atoms with Crippen LogP contribution in [0.5, 0.6) is 0 Å². The van der Waals surface area contributed by atoms with Crippen molar-refractivity contribution in [2.75, 3.05) is 44.7 Å². The van der Waals surface area contributed by atoms with E-state index in [9.17, 15) is 9.59 Å². The first-order valence-corrected chi connectivity index (χ1v) is 16.7. The number of aryl methyl sites for hydroxylation is 2. The first-order chi connectivity index (χ1) is 22.8. The minimum absolute atomic E-state index is 0.0205. The molecule has 0 spiro atoms. The summed E-state index contributed by atoms with van der Waals surface area (Å²) in [6.07, 6.45) is 4.71. The Balaban J connectivity index is 1.33. The van der Waals surface area contributed by atoms with Crippen molar-refractivity contribution in [2.45, 2.75) is 45.8 Å². The molecule has 1 fully saturated rings. The van der Waals surface area contributed by atoms with E-state index in [1.807, 2.05) is 73.0 Å². The molecule has 0 aliphatic carbocycles. The molecule has 8 heteroatoms. The minimum Gasteiger partial charge on any atom is -0.369 e. The third-order valence-corrected chi connectivity index (χ3v) is 9.77. The van der Waals surface area contributed by atoms with Gasteiger partial charge in [0.2, 0.25) is 11.8 Å². The second-order valence-corrected chi connectivity index (χ2v) is 12.9. The maximum absolute atomic E-state index is 14.6. The Kier molecular flexibility index (Phi) is 9.87. The van der Waals surface area contributed by atoms with E-state index in [0.29, 0.717) is 26.1 Å². The Hall–Kier alpha value is -4.69. The number of rotatable bonds is 9. The SMILES string of the molecule is Cc1nn(C)c(C)c1C=CC(=O)N(Cc1ccc(N2CCN(C)CC2)cc1)C(Cc1ccccc1)C(=O)N1CCc2ccccc2C1. The van der Waals surface area contributed by atoms with Gasteiger partial charge in [0.05, 0.1) is 5.69 Å². The van der Waals surface area contributed by atoms with E-state index in [1.54, 1.807) is 11.0 Å². The number of hydrogen-bond donors (Lipinski definition) is 0. The molecule has 1 saturated heterocycles. The van der Waals surface area contributed by atoms with Crippen LogP contribution in [-0.4, -0.2) is 82.1 Å². The van der Waals surface area contributed by atoms with E-state index in [1.165, 1.54) is 16.8 Å². The zero-order valence-electron chi connectivity index (χ0n) is 28.1. The van der Waals surface area contributed by atoms with Gasteiger partial charge in [0.1, 0.15) is 6.04 Å². The monoisotopic (exact) mass is 630 g/mol. The van der Waals surface area contributed by atoms with Gasteiger partial charge in [-0.25, -0.2) is 0 Å². The number of likely N-dealkylation sites (N-methyl/N-ethyl adjacent to an activating group) is 1. The molecule has 1 atom stereocenters. The summed E-state index contributed by atoms with van der Waals surface area (Å²) in [6.45, 7) is 9.51. The number of hydrogen-bond acceptors (Lipinski definition) is 5. The number of amides is 2. The van der Waals surface area contributed by atoms with Crippen LogP contribution in [0.4, 0.5) is 5.69 Å². The van der Waals surface area contributed by atoms with Crippen LogP contribution >= 0.6 is 0 Å². The summed E-state index contributed by atoms with van der Waals surface area (Å²) in [7, 11) is 4.07. The Morgan fingerprint density at radius 1 is 0.830 bits per heavy atom. The normalized spacial score (nSPS) is 15.9. The Labute approximate surface area is 278 Å². The number of fused-ring (bicyclic) bond motifs is 1. The number of carbonyl (C=O) groups is 2. The Bertz CT molecular complexity index is 1720. The number of piperazine rings is 1. The van der Waals surface area contributed by atoms with Crippen LogP contribution < -0.4 is 4.90 Å². The second-order valence-electron chi connectivity index (χ2n) is 12.9. The van der Waals surface area contributed by atoms with Gasteiger partial charge < -0.3 is 19.6 Å². The van der Waals surface area contributed by atoms with Gasteiger partial charge in [-0.3, -0.25) is 14.3 Å². The van der Waals surface area contributed by atoms with Gasteiger partial charge in [-0.15, -0.1) is 0 Å². The third kappa shape index (κ3) is 7.49. The molecule has 0 radical (unpaired) electrons. The summed E-state index contributed by atoms with van der Waals surface area (Å²) in [6, 6.07) is 26.2. The summed E-state index contributed by atoms with van der Waals surface area (Å²) < 4.78 is 1.83. The van der Waals surface area contributed by atoms with E-state index >= 15 is 0 Å². The minimum atomic E-state index is -0.673. The first-order valence-electron chi connectivity index (χ1n) is 16.7. The Morgan fingerprint density at radius 2 is 1.51 bits per heavy atom. The van der Waals surface area contributed by atoms with Crippen molar-refractivity contribution < 1.29 is 9.59 Å².